The van der Waals surface area contributed by atoms with Crippen LogP contribution in [-0.4, -0.2) is 72.6 Å². The summed E-state index contributed by atoms with van der Waals surface area (Å²) in [4.78, 5) is 26.8. The van der Waals surface area contributed by atoms with Crippen molar-refractivity contribution in [3.05, 3.63) is 33.8 Å². The number of rotatable bonds is 6. The maximum atomic E-state index is 12.7. The van der Waals surface area contributed by atoms with Gasteiger partial charge in [-0.3, -0.25) is 4.79 Å². The molecular weight excluding hydrogens is 457 g/mol. The van der Waals surface area contributed by atoms with Crippen molar-refractivity contribution in [2.24, 2.45) is 0 Å². The lowest BCUT2D eigenvalue weighted by Gasteiger charge is -2.44. The Hall–Kier alpha value is -1.58. The first kappa shape index (κ1) is 25.1. The Labute approximate surface area is 198 Å². The fraction of sp³-hybridized carbons (Fsp3) is 0.636. The second-order valence-electron chi connectivity index (χ2n) is 8.25. The van der Waals surface area contributed by atoms with Crippen molar-refractivity contribution in [2.45, 2.75) is 63.5 Å². The molecule has 0 unspecified atom stereocenters. The zero-order chi connectivity index (χ0) is 23.1. The Bertz CT molecular complexity index is 797. The molecule has 0 bridgehead atoms. The number of halogens is 2. The number of aliphatic hydroxyl groups is 1. The summed E-state index contributed by atoms with van der Waals surface area (Å²) in [5, 5.41) is 16.8. The first-order valence-electron chi connectivity index (χ1n) is 11.0. The number of urea groups is 1. The predicted molar refractivity (Wildman–Crippen MR) is 122 cm³/mol. The van der Waals surface area contributed by atoms with Gasteiger partial charge in [0.2, 0.25) is 5.91 Å². The quantitative estimate of drug-likeness (QED) is 0.572. The van der Waals surface area contributed by atoms with Gasteiger partial charge >= 0.3 is 6.03 Å². The summed E-state index contributed by atoms with van der Waals surface area (Å²) in [7, 11) is 0. The minimum atomic E-state index is -0.742. The molecule has 4 atom stereocenters. The Balaban J connectivity index is 1.55. The maximum absolute atomic E-state index is 12.7. The number of hydrogen-bond donors (Lipinski definition) is 3. The third-order valence-electron chi connectivity index (χ3n) is 5.65. The van der Waals surface area contributed by atoms with E-state index >= 15 is 0 Å². The van der Waals surface area contributed by atoms with E-state index in [2.05, 4.69) is 10.6 Å². The van der Waals surface area contributed by atoms with Crippen LogP contribution in [0, 0.1) is 0 Å². The van der Waals surface area contributed by atoms with E-state index in [9.17, 15) is 14.7 Å². The molecule has 3 N–H and O–H groups in total. The van der Waals surface area contributed by atoms with Crippen molar-refractivity contribution >= 4 is 35.1 Å². The van der Waals surface area contributed by atoms with Crippen molar-refractivity contribution in [3.63, 3.8) is 0 Å². The van der Waals surface area contributed by atoms with Crippen molar-refractivity contribution in [3.8, 4) is 0 Å². The van der Waals surface area contributed by atoms with E-state index in [0.717, 1.165) is 12.0 Å². The number of fused-ring (bicyclic) bond motifs is 1. The van der Waals surface area contributed by atoms with E-state index < -0.39 is 6.10 Å². The Morgan fingerprint density at radius 1 is 1.19 bits per heavy atom. The number of amides is 3. The lowest BCUT2D eigenvalue weighted by atomic mass is 9.95. The molecule has 0 aromatic heterocycles. The molecule has 0 saturated carbocycles. The Morgan fingerprint density at radius 3 is 2.75 bits per heavy atom. The van der Waals surface area contributed by atoms with Crippen LogP contribution in [0.25, 0.3) is 0 Å². The SMILES string of the molecule is CCCNC(=O)N1C[C@H](O)COC[C@H]2O[C@@H](CC(=O)NCc3ccc(Cl)c(Cl)c3)CC[C@@H]21. The zero-order valence-corrected chi connectivity index (χ0v) is 19.7. The molecule has 32 heavy (non-hydrogen) atoms. The Morgan fingerprint density at radius 2 is 2.00 bits per heavy atom. The largest absolute Gasteiger partial charge is 0.389 e. The number of nitrogens with zero attached hydrogens (tertiary/aromatic N) is 1. The van der Waals surface area contributed by atoms with Crippen LogP contribution in [0.3, 0.4) is 0 Å². The van der Waals surface area contributed by atoms with Gasteiger partial charge in [-0.2, -0.15) is 0 Å². The van der Waals surface area contributed by atoms with Crippen LogP contribution in [0.2, 0.25) is 10.0 Å². The first-order chi connectivity index (χ1) is 15.4. The number of β-amino-alcohol motifs (C(OH)–C–C–N with tert-alkyl or cyclic N) is 1. The highest BCUT2D eigenvalue weighted by atomic mass is 35.5. The van der Waals surface area contributed by atoms with Gasteiger partial charge in [-0.25, -0.2) is 4.79 Å². The summed E-state index contributed by atoms with van der Waals surface area (Å²) in [6.07, 6.45) is 0.994. The van der Waals surface area contributed by atoms with Gasteiger partial charge in [-0.15, -0.1) is 0 Å². The second kappa shape index (κ2) is 12.0. The highest BCUT2D eigenvalue weighted by Crippen LogP contribution is 2.28. The molecule has 3 amide bonds. The molecule has 1 aromatic carbocycles. The molecule has 2 heterocycles. The van der Waals surface area contributed by atoms with E-state index in [1.54, 1.807) is 17.0 Å². The summed E-state index contributed by atoms with van der Waals surface area (Å²) in [5.74, 6) is -0.126. The number of hydrogen-bond acceptors (Lipinski definition) is 5. The number of carbonyl (C=O) groups excluding carboxylic acids is 2. The van der Waals surface area contributed by atoms with Crippen molar-refractivity contribution < 1.29 is 24.2 Å². The van der Waals surface area contributed by atoms with Crippen LogP contribution in [0.15, 0.2) is 18.2 Å². The van der Waals surface area contributed by atoms with Crippen molar-refractivity contribution in [2.75, 3.05) is 26.3 Å². The van der Waals surface area contributed by atoms with E-state index in [1.165, 1.54) is 0 Å². The maximum Gasteiger partial charge on any atom is 0.317 e. The normalized spacial score (nSPS) is 25.9. The molecule has 3 rings (SSSR count). The Kier molecular flexibility index (Phi) is 9.43. The van der Waals surface area contributed by atoms with Gasteiger partial charge in [0.25, 0.3) is 0 Å². The van der Waals surface area contributed by atoms with E-state index in [4.69, 9.17) is 32.7 Å². The van der Waals surface area contributed by atoms with Gasteiger partial charge in [0, 0.05) is 13.1 Å². The van der Waals surface area contributed by atoms with Gasteiger partial charge in [-0.1, -0.05) is 36.2 Å². The monoisotopic (exact) mass is 487 g/mol. The molecule has 178 valence electrons. The molecule has 1 aromatic rings. The van der Waals surface area contributed by atoms with E-state index in [0.29, 0.717) is 36.0 Å². The molecule has 2 aliphatic heterocycles. The molecule has 8 nitrogen and oxygen atoms in total. The zero-order valence-electron chi connectivity index (χ0n) is 18.2. The fourth-order valence-corrected chi connectivity index (χ4v) is 4.36. The third kappa shape index (κ3) is 6.96. The van der Waals surface area contributed by atoms with Crippen molar-refractivity contribution in [1.82, 2.24) is 15.5 Å². The lowest BCUT2D eigenvalue weighted by Crippen LogP contribution is -2.59. The van der Waals surface area contributed by atoms with Gasteiger partial charge < -0.3 is 30.1 Å². The standard InChI is InChI=1S/C22H31Cl2N3O5/c1-2-7-25-22(30)27-11-15(28)12-31-13-20-19(27)6-4-16(32-20)9-21(29)26-10-14-3-5-17(23)18(24)8-14/h3,5,8,15-16,19-20,28H,2,4,6-7,9-13H2,1H3,(H,25,30)(H,26,29)/t15-,16+,19-,20+/m0/s1. The first-order valence-corrected chi connectivity index (χ1v) is 11.8. The minimum Gasteiger partial charge on any atom is -0.389 e. The molecule has 0 spiro atoms. The summed E-state index contributed by atoms with van der Waals surface area (Å²) >= 11 is 11.9. The van der Waals surface area contributed by atoms with E-state index in [-0.39, 0.29) is 56.4 Å². The molecule has 0 aliphatic carbocycles. The predicted octanol–water partition coefficient (Wildman–Crippen LogP) is 2.73. The number of benzene rings is 1. The van der Waals surface area contributed by atoms with Gasteiger partial charge in [0.1, 0.15) is 6.10 Å². The number of ether oxygens (including phenoxy) is 2. The second-order valence-corrected chi connectivity index (χ2v) is 9.06. The molecule has 2 fully saturated rings. The van der Waals surface area contributed by atoms with Gasteiger partial charge in [-0.05, 0) is 37.0 Å². The number of aliphatic hydroxyl groups excluding tert-OH is 1. The third-order valence-corrected chi connectivity index (χ3v) is 6.39. The number of nitrogens with one attached hydrogen (secondary N) is 2. The molecule has 2 saturated heterocycles. The van der Waals surface area contributed by atoms with Crippen LogP contribution >= 0.6 is 23.2 Å². The summed E-state index contributed by atoms with van der Waals surface area (Å²) in [6, 6.07) is 4.82. The van der Waals surface area contributed by atoms with Crippen LogP contribution in [-0.2, 0) is 20.8 Å². The topological polar surface area (TPSA) is 100 Å². The van der Waals surface area contributed by atoms with Crippen molar-refractivity contribution in [1.29, 1.82) is 0 Å². The highest BCUT2D eigenvalue weighted by Gasteiger charge is 2.39. The van der Waals surface area contributed by atoms with Crippen LogP contribution in [0.5, 0.6) is 0 Å². The number of carbonyl (C=O) groups is 2. The summed E-state index contributed by atoms with van der Waals surface area (Å²) in [6.45, 7) is 3.50. The fourth-order valence-electron chi connectivity index (χ4n) is 4.04. The van der Waals surface area contributed by atoms with Gasteiger partial charge in [0.15, 0.2) is 0 Å². The molecule has 2 aliphatic rings. The van der Waals surface area contributed by atoms with Crippen LogP contribution in [0.1, 0.15) is 38.2 Å². The smallest absolute Gasteiger partial charge is 0.317 e. The average molecular weight is 488 g/mol. The van der Waals surface area contributed by atoms with Crippen LogP contribution < -0.4 is 10.6 Å². The van der Waals surface area contributed by atoms with E-state index in [1.807, 2.05) is 13.0 Å². The lowest BCUT2D eigenvalue weighted by molar-refractivity contribution is -0.150. The molecule has 10 heteroatoms. The highest BCUT2D eigenvalue weighted by molar-refractivity contribution is 6.42. The minimum absolute atomic E-state index is 0.126. The average Bonchev–Trinajstić information content (AvgIpc) is 2.76. The molecular formula is C22H31Cl2N3O5. The van der Waals surface area contributed by atoms with Crippen LogP contribution in [0.4, 0.5) is 4.79 Å². The summed E-state index contributed by atoms with van der Waals surface area (Å²) in [5.41, 5.74) is 0.859. The summed E-state index contributed by atoms with van der Waals surface area (Å²) < 4.78 is 11.8. The van der Waals surface area contributed by atoms with Gasteiger partial charge in [0.05, 0.1) is 54.5 Å². The molecule has 0 radical (unpaired) electrons.